The van der Waals surface area contributed by atoms with Crippen LogP contribution in [0.4, 0.5) is 0 Å². The van der Waals surface area contributed by atoms with Crippen LogP contribution in [0.3, 0.4) is 0 Å². The average molecular weight is 831 g/mol. The van der Waals surface area contributed by atoms with Crippen LogP contribution < -0.4 is 0 Å². The molecule has 0 unspecified atom stereocenters. The standard InChI is InChI=1S/C63H46N2/c1-3-20-49(43-22-5-4-6-23-43)63-56-31-9-7-29-54(56)62(55-30-8-10-32-57(55)63)46-37-42(2)21-19-24-44(38-46)45-39-47(64-58-33-15-11-25-50(58)51-26-12-16-34-59(51)64)41-48(40-45)65-60-35-17-13-27-52(60)53-28-14-18-36-61(53)65/h3-20,22-42H,1,21H2,2H3/b24-19+,44-38+,46-37+,49-20+/t42-/m1/s1. The number of aromatic nitrogens is 2. The van der Waals surface area contributed by atoms with Gasteiger partial charge in [0.05, 0.1) is 22.1 Å². The summed E-state index contributed by atoms with van der Waals surface area (Å²) in [5.74, 6) is 0.328. The molecule has 0 N–H and O–H groups in total. The molecule has 65 heavy (non-hydrogen) atoms. The van der Waals surface area contributed by atoms with E-state index in [0.717, 1.165) is 28.9 Å². The lowest BCUT2D eigenvalue weighted by atomic mass is 9.82. The second-order valence-corrected chi connectivity index (χ2v) is 17.3. The Morgan fingerprint density at radius 3 is 1.40 bits per heavy atom. The molecule has 0 saturated heterocycles. The first-order chi connectivity index (χ1) is 32.1. The molecule has 11 aromatic rings. The normalized spacial score (nSPS) is 16.7. The molecule has 0 bridgehead atoms. The topological polar surface area (TPSA) is 9.86 Å². The van der Waals surface area contributed by atoms with E-state index in [9.17, 15) is 0 Å². The van der Waals surface area contributed by atoms with Crippen LogP contribution in [-0.4, -0.2) is 9.13 Å². The Bertz CT molecular complexity index is 3530. The highest BCUT2D eigenvalue weighted by molar-refractivity contribution is 6.19. The summed E-state index contributed by atoms with van der Waals surface area (Å²) in [6, 6.07) is 71.1. The zero-order chi connectivity index (χ0) is 43.4. The van der Waals surface area contributed by atoms with Crippen molar-refractivity contribution in [3.05, 3.63) is 259 Å². The maximum absolute atomic E-state index is 4.17. The van der Waals surface area contributed by atoms with Crippen molar-refractivity contribution >= 4 is 81.9 Å². The zero-order valence-electron chi connectivity index (χ0n) is 36.3. The van der Waals surface area contributed by atoms with Crippen LogP contribution in [0.1, 0.15) is 35.6 Å². The maximum Gasteiger partial charge on any atom is 0.0541 e. The summed E-state index contributed by atoms with van der Waals surface area (Å²) in [5, 5.41) is 9.90. The lowest BCUT2D eigenvalue weighted by Gasteiger charge is -2.22. The first-order valence-corrected chi connectivity index (χ1v) is 22.7. The van der Waals surface area contributed by atoms with Crippen molar-refractivity contribution in [2.75, 3.05) is 0 Å². The minimum absolute atomic E-state index is 0.328. The number of fused-ring (bicyclic) bond motifs is 8. The second-order valence-electron chi connectivity index (χ2n) is 17.3. The highest BCUT2D eigenvalue weighted by atomic mass is 15.0. The van der Waals surface area contributed by atoms with Gasteiger partial charge in [-0.2, -0.15) is 0 Å². The van der Waals surface area contributed by atoms with Crippen LogP contribution in [0.25, 0.3) is 93.3 Å². The lowest BCUT2D eigenvalue weighted by Crippen LogP contribution is -2.02. The van der Waals surface area contributed by atoms with E-state index in [1.807, 2.05) is 6.08 Å². The second kappa shape index (κ2) is 15.9. The molecule has 2 nitrogen and oxygen atoms in total. The van der Waals surface area contributed by atoms with Crippen molar-refractivity contribution in [1.29, 1.82) is 0 Å². The molecule has 0 fully saturated rings. The first-order valence-electron chi connectivity index (χ1n) is 22.7. The molecule has 0 saturated carbocycles. The highest BCUT2D eigenvalue weighted by Gasteiger charge is 2.22. The van der Waals surface area contributed by atoms with Crippen LogP contribution in [0.5, 0.6) is 0 Å². The smallest absolute Gasteiger partial charge is 0.0541 e. The Kier molecular flexibility index (Phi) is 9.39. The van der Waals surface area contributed by atoms with Gasteiger partial charge in [-0.15, -0.1) is 0 Å². The van der Waals surface area contributed by atoms with Gasteiger partial charge in [0, 0.05) is 32.9 Å². The van der Waals surface area contributed by atoms with Gasteiger partial charge in [-0.3, -0.25) is 0 Å². The van der Waals surface area contributed by atoms with E-state index in [2.05, 4.69) is 247 Å². The first kappa shape index (κ1) is 38.5. The third-order valence-corrected chi connectivity index (χ3v) is 13.4. The quantitative estimate of drug-likeness (QED) is 0.112. The Morgan fingerprint density at radius 2 is 0.923 bits per heavy atom. The van der Waals surface area contributed by atoms with Crippen molar-refractivity contribution in [2.45, 2.75) is 13.3 Å². The molecule has 2 aromatic heterocycles. The average Bonchev–Trinajstić information content (AvgIpc) is 3.87. The zero-order valence-corrected chi connectivity index (χ0v) is 36.3. The Labute approximate surface area is 379 Å². The molecular weight excluding hydrogens is 785 g/mol. The summed E-state index contributed by atoms with van der Waals surface area (Å²) < 4.78 is 4.91. The minimum atomic E-state index is 0.328. The monoisotopic (exact) mass is 830 g/mol. The van der Waals surface area contributed by atoms with Gasteiger partial charge in [-0.05, 0) is 121 Å². The van der Waals surface area contributed by atoms with Crippen molar-refractivity contribution in [3.8, 4) is 11.4 Å². The molecule has 0 aliphatic heterocycles. The van der Waals surface area contributed by atoms with E-state index in [1.54, 1.807) is 0 Å². The number of hydrogen-bond donors (Lipinski definition) is 0. The maximum atomic E-state index is 4.17. The van der Waals surface area contributed by atoms with E-state index in [4.69, 9.17) is 0 Å². The molecule has 1 aliphatic rings. The van der Waals surface area contributed by atoms with Crippen LogP contribution >= 0.6 is 0 Å². The summed E-state index contributed by atoms with van der Waals surface area (Å²) >= 11 is 0. The van der Waals surface area contributed by atoms with Crippen molar-refractivity contribution in [3.63, 3.8) is 0 Å². The van der Waals surface area contributed by atoms with Gasteiger partial charge >= 0.3 is 0 Å². The highest BCUT2D eigenvalue weighted by Crippen LogP contribution is 2.44. The third kappa shape index (κ3) is 6.40. The van der Waals surface area contributed by atoms with Gasteiger partial charge in [-0.25, -0.2) is 0 Å². The van der Waals surface area contributed by atoms with Gasteiger partial charge in [0.1, 0.15) is 0 Å². The number of rotatable bonds is 7. The third-order valence-electron chi connectivity index (χ3n) is 13.4. The Hall–Kier alpha value is -8.20. The molecule has 2 heteroatoms. The Morgan fingerprint density at radius 1 is 0.492 bits per heavy atom. The SMILES string of the molecule is C=C/C=C(\c1ccccc1)c1c2ccccc2c(C2=C/[C@H](C)C/C=C/C(c3cc(-n4c5ccccc5c5ccccc54)cc(-n4c5ccccc5c5ccccc54)c3)=C\2)c2ccccc12. The fourth-order valence-electron chi connectivity index (χ4n) is 10.6. The molecule has 0 radical (unpaired) electrons. The van der Waals surface area contributed by atoms with E-state index >= 15 is 0 Å². The summed E-state index contributed by atoms with van der Waals surface area (Å²) in [6.07, 6.45) is 14.7. The minimum Gasteiger partial charge on any atom is -0.309 e. The predicted octanol–water partition coefficient (Wildman–Crippen LogP) is 16.9. The molecule has 2 heterocycles. The van der Waals surface area contributed by atoms with Crippen LogP contribution in [-0.2, 0) is 0 Å². The molecule has 308 valence electrons. The molecule has 9 aromatic carbocycles. The fourth-order valence-corrected chi connectivity index (χ4v) is 10.6. The molecule has 0 spiro atoms. The number of benzene rings is 9. The van der Waals surface area contributed by atoms with E-state index in [-0.39, 0.29) is 0 Å². The molecular formula is C63H46N2. The number of allylic oxidation sites excluding steroid dienone is 8. The largest absolute Gasteiger partial charge is 0.309 e. The fraction of sp³-hybridized carbons (Fsp3) is 0.0476. The van der Waals surface area contributed by atoms with Crippen molar-refractivity contribution < 1.29 is 0 Å². The molecule has 0 amide bonds. The van der Waals surface area contributed by atoms with E-state index in [1.165, 1.54) is 93.0 Å². The predicted molar refractivity (Wildman–Crippen MR) is 279 cm³/mol. The summed E-state index contributed by atoms with van der Waals surface area (Å²) in [5.41, 5.74) is 15.4. The molecule has 1 atom stereocenters. The summed E-state index contributed by atoms with van der Waals surface area (Å²) in [4.78, 5) is 0. The number of para-hydroxylation sites is 4. The van der Waals surface area contributed by atoms with Crippen LogP contribution in [0, 0.1) is 5.92 Å². The van der Waals surface area contributed by atoms with E-state index < -0.39 is 0 Å². The van der Waals surface area contributed by atoms with Crippen molar-refractivity contribution in [1.82, 2.24) is 9.13 Å². The van der Waals surface area contributed by atoms with Gasteiger partial charge in [0.2, 0.25) is 0 Å². The molecule has 1 aliphatic carbocycles. The van der Waals surface area contributed by atoms with Crippen molar-refractivity contribution in [2.24, 2.45) is 5.92 Å². The number of nitrogens with zero attached hydrogens (tertiary/aromatic N) is 2. The van der Waals surface area contributed by atoms with Crippen LogP contribution in [0.2, 0.25) is 0 Å². The van der Waals surface area contributed by atoms with Crippen LogP contribution in [0.15, 0.2) is 237 Å². The summed E-state index contributed by atoms with van der Waals surface area (Å²) in [6.45, 7) is 6.51. The van der Waals surface area contributed by atoms with Gasteiger partial charge in [0.15, 0.2) is 0 Å². The summed E-state index contributed by atoms with van der Waals surface area (Å²) in [7, 11) is 0. The van der Waals surface area contributed by atoms with E-state index in [0.29, 0.717) is 5.92 Å². The Balaban J connectivity index is 1.15. The van der Waals surface area contributed by atoms with Gasteiger partial charge < -0.3 is 9.13 Å². The van der Waals surface area contributed by atoms with Gasteiger partial charge in [0.25, 0.3) is 0 Å². The van der Waals surface area contributed by atoms with Gasteiger partial charge in [-0.1, -0.05) is 196 Å². The number of hydrogen-bond acceptors (Lipinski definition) is 0. The lowest BCUT2D eigenvalue weighted by molar-refractivity contribution is 0.746. The molecule has 12 rings (SSSR count).